The van der Waals surface area contributed by atoms with Crippen LogP contribution in [0.25, 0.3) is 33.7 Å². The third-order valence-corrected chi connectivity index (χ3v) is 6.29. The molecular formula is C27H28N8O4. The number of methoxy groups -OCH3 is 1. The van der Waals surface area contributed by atoms with Gasteiger partial charge in [0.15, 0.2) is 11.2 Å². The third kappa shape index (κ3) is 5.26. The summed E-state index contributed by atoms with van der Waals surface area (Å²) in [5.74, 6) is 0.524. The van der Waals surface area contributed by atoms with Crippen molar-refractivity contribution in [2.24, 2.45) is 5.41 Å². The van der Waals surface area contributed by atoms with Crippen molar-refractivity contribution in [1.29, 1.82) is 0 Å². The average molecular weight is 529 g/mol. The molecule has 5 aromatic rings. The number of imidazole rings is 1. The lowest BCUT2D eigenvalue weighted by atomic mass is 9.92. The number of hydrogen-bond donors (Lipinski definition) is 2. The molecule has 0 bridgehead atoms. The minimum Gasteiger partial charge on any atom is -0.468 e. The monoisotopic (exact) mass is 528 g/mol. The maximum absolute atomic E-state index is 13.0. The van der Waals surface area contributed by atoms with Crippen LogP contribution in [0.15, 0.2) is 58.1 Å². The fourth-order valence-electron chi connectivity index (χ4n) is 4.52. The molecule has 200 valence electrons. The number of nitrogens with zero attached hydrogens (tertiary/aromatic N) is 6. The van der Waals surface area contributed by atoms with E-state index in [1.54, 1.807) is 0 Å². The Morgan fingerprint density at radius 2 is 1.72 bits per heavy atom. The van der Waals surface area contributed by atoms with E-state index in [0.717, 1.165) is 26.8 Å². The van der Waals surface area contributed by atoms with Crippen molar-refractivity contribution < 1.29 is 9.53 Å². The number of benzene rings is 2. The van der Waals surface area contributed by atoms with Crippen molar-refractivity contribution in [3.8, 4) is 22.5 Å². The van der Waals surface area contributed by atoms with Crippen molar-refractivity contribution in [3.05, 3.63) is 80.8 Å². The van der Waals surface area contributed by atoms with Crippen LogP contribution in [0.5, 0.6) is 0 Å². The van der Waals surface area contributed by atoms with Gasteiger partial charge >= 0.3 is 11.7 Å². The predicted molar refractivity (Wildman–Crippen MR) is 144 cm³/mol. The third-order valence-electron chi connectivity index (χ3n) is 6.29. The lowest BCUT2D eigenvalue weighted by Crippen LogP contribution is -2.33. The summed E-state index contributed by atoms with van der Waals surface area (Å²) in [5, 5.41) is 14.4. The topological polar surface area (TPSA) is 153 Å². The second kappa shape index (κ2) is 10.1. The van der Waals surface area contributed by atoms with Crippen LogP contribution in [0, 0.1) is 5.41 Å². The summed E-state index contributed by atoms with van der Waals surface area (Å²) in [5.41, 5.74) is 2.65. The van der Waals surface area contributed by atoms with Gasteiger partial charge in [0.25, 0.3) is 5.56 Å². The molecule has 12 heteroatoms. The van der Waals surface area contributed by atoms with E-state index < -0.39 is 17.2 Å². The summed E-state index contributed by atoms with van der Waals surface area (Å²) < 4.78 is 7.70. The van der Waals surface area contributed by atoms with Gasteiger partial charge < -0.3 is 9.30 Å². The van der Waals surface area contributed by atoms with Gasteiger partial charge in [-0.2, -0.15) is 5.21 Å². The first kappa shape index (κ1) is 25.8. The van der Waals surface area contributed by atoms with Crippen LogP contribution in [0.3, 0.4) is 0 Å². The zero-order valence-electron chi connectivity index (χ0n) is 22.1. The highest BCUT2D eigenvalue weighted by Gasteiger charge is 2.23. The highest BCUT2D eigenvalue weighted by molar-refractivity contribution is 5.80. The van der Waals surface area contributed by atoms with Crippen molar-refractivity contribution in [2.45, 2.75) is 40.3 Å². The predicted octanol–water partition coefficient (Wildman–Crippen LogP) is 2.54. The van der Waals surface area contributed by atoms with Gasteiger partial charge in [-0.15, -0.1) is 10.2 Å². The molecule has 0 aliphatic carbocycles. The minimum absolute atomic E-state index is 0.151. The number of fused-ring (bicyclic) bond motifs is 1. The molecule has 0 atom stereocenters. The Bertz CT molecular complexity index is 1760. The average Bonchev–Trinajstić information content (AvgIpc) is 3.55. The molecule has 12 nitrogen and oxygen atoms in total. The van der Waals surface area contributed by atoms with Gasteiger partial charge in [-0.3, -0.25) is 19.1 Å². The van der Waals surface area contributed by atoms with Gasteiger partial charge in [-0.1, -0.05) is 69.3 Å². The number of rotatable bonds is 7. The van der Waals surface area contributed by atoms with Crippen LogP contribution in [0.2, 0.25) is 0 Å². The van der Waals surface area contributed by atoms with Crippen molar-refractivity contribution in [1.82, 2.24) is 39.7 Å². The first-order chi connectivity index (χ1) is 18.6. The molecule has 0 saturated heterocycles. The SMILES string of the molecule is COC(=O)Cn1c(=O)[nH]c(=O)c2c1nc(CC(C)(C)C)n2Cc1ccc(-c2ccccc2-c2nn[nH]n2)cc1. The molecule has 2 N–H and O–H groups in total. The molecular weight excluding hydrogens is 500 g/mol. The molecule has 0 radical (unpaired) electrons. The van der Waals surface area contributed by atoms with E-state index in [1.165, 1.54) is 7.11 Å². The Morgan fingerprint density at radius 3 is 2.36 bits per heavy atom. The smallest absolute Gasteiger partial charge is 0.330 e. The number of tetrazole rings is 1. The summed E-state index contributed by atoms with van der Waals surface area (Å²) >= 11 is 0. The fourth-order valence-corrected chi connectivity index (χ4v) is 4.52. The van der Waals surface area contributed by atoms with Gasteiger partial charge in [-0.25, -0.2) is 9.78 Å². The number of esters is 1. The van der Waals surface area contributed by atoms with E-state index in [4.69, 9.17) is 4.74 Å². The fraction of sp³-hybridized carbons (Fsp3) is 0.296. The number of aromatic amines is 2. The highest BCUT2D eigenvalue weighted by Crippen LogP contribution is 2.30. The van der Waals surface area contributed by atoms with Gasteiger partial charge in [-0.05, 0) is 27.3 Å². The van der Waals surface area contributed by atoms with E-state index in [0.29, 0.717) is 24.6 Å². The molecule has 0 aliphatic heterocycles. The molecule has 39 heavy (non-hydrogen) atoms. The molecule has 0 aliphatic rings. The Labute approximate surface area is 222 Å². The zero-order valence-corrected chi connectivity index (χ0v) is 22.1. The number of carbonyl (C=O) groups excluding carboxylic acids is 1. The van der Waals surface area contributed by atoms with Crippen molar-refractivity contribution >= 4 is 17.1 Å². The molecule has 0 amide bonds. The van der Waals surface area contributed by atoms with E-state index in [1.807, 2.05) is 53.1 Å². The van der Waals surface area contributed by atoms with Crippen LogP contribution in [-0.2, 0) is 29.0 Å². The van der Waals surface area contributed by atoms with Crippen molar-refractivity contribution in [2.75, 3.05) is 7.11 Å². The van der Waals surface area contributed by atoms with Crippen LogP contribution in [0.1, 0.15) is 32.2 Å². The Balaban J connectivity index is 1.57. The lowest BCUT2D eigenvalue weighted by Gasteiger charge is -2.18. The molecule has 0 unspecified atom stereocenters. The van der Waals surface area contributed by atoms with Gasteiger partial charge in [0.05, 0.1) is 7.11 Å². The summed E-state index contributed by atoms with van der Waals surface area (Å²) in [6, 6.07) is 15.7. The number of hydrogen-bond acceptors (Lipinski definition) is 8. The molecule has 5 rings (SSSR count). The highest BCUT2D eigenvalue weighted by atomic mass is 16.5. The first-order valence-electron chi connectivity index (χ1n) is 12.4. The lowest BCUT2D eigenvalue weighted by molar-refractivity contribution is -0.141. The first-order valence-corrected chi connectivity index (χ1v) is 12.4. The number of ether oxygens (including phenoxy) is 1. The van der Waals surface area contributed by atoms with Crippen LogP contribution < -0.4 is 11.2 Å². The van der Waals surface area contributed by atoms with E-state index in [9.17, 15) is 14.4 Å². The van der Waals surface area contributed by atoms with Crippen molar-refractivity contribution in [3.63, 3.8) is 0 Å². The number of nitrogens with one attached hydrogen (secondary N) is 2. The van der Waals surface area contributed by atoms with Crippen LogP contribution in [-0.4, -0.2) is 52.8 Å². The minimum atomic E-state index is -0.713. The maximum Gasteiger partial charge on any atom is 0.330 e. The number of aromatic nitrogens is 8. The van der Waals surface area contributed by atoms with Gasteiger partial charge in [0.2, 0.25) is 5.82 Å². The molecule has 2 aromatic carbocycles. The number of carbonyl (C=O) groups is 1. The second-order valence-corrected chi connectivity index (χ2v) is 10.4. The Hall–Kier alpha value is -4.87. The van der Waals surface area contributed by atoms with Gasteiger partial charge in [0.1, 0.15) is 12.4 Å². The quantitative estimate of drug-likeness (QED) is 0.306. The van der Waals surface area contributed by atoms with Gasteiger partial charge in [0, 0.05) is 18.5 Å². The molecule has 0 fully saturated rings. The van der Waals surface area contributed by atoms with E-state index >= 15 is 0 Å². The standard InChI is InChI=1S/C27H28N8O4/c1-27(2,3)13-20-28-24-22(25(37)29-26(38)35(24)15-21(36)39-4)34(20)14-16-9-11-17(12-10-16)18-7-5-6-8-19(18)23-30-32-33-31-23/h5-12H,13-15H2,1-4H3,(H,29,37,38)(H,30,31,32,33). The normalized spacial score (nSPS) is 11.7. The van der Waals surface area contributed by atoms with E-state index in [2.05, 4.69) is 51.4 Å². The summed E-state index contributed by atoms with van der Waals surface area (Å²) in [6.07, 6.45) is 0.545. The maximum atomic E-state index is 13.0. The zero-order chi connectivity index (χ0) is 27.7. The Morgan fingerprint density at radius 1 is 1.00 bits per heavy atom. The molecule has 3 aromatic heterocycles. The largest absolute Gasteiger partial charge is 0.468 e. The van der Waals surface area contributed by atoms with E-state index in [-0.39, 0.29) is 23.1 Å². The van der Waals surface area contributed by atoms with Crippen LogP contribution >= 0.6 is 0 Å². The summed E-state index contributed by atoms with van der Waals surface area (Å²) in [6.45, 7) is 6.19. The number of H-pyrrole nitrogens is 2. The molecule has 0 saturated carbocycles. The summed E-state index contributed by atoms with van der Waals surface area (Å²) in [4.78, 5) is 44.6. The molecule has 3 heterocycles. The summed E-state index contributed by atoms with van der Waals surface area (Å²) in [7, 11) is 1.24. The Kier molecular flexibility index (Phi) is 6.69. The second-order valence-electron chi connectivity index (χ2n) is 10.4. The van der Waals surface area contributed by atoms with Crippen LogP contribution in [0.4, 0.5) is 0 Å². The molecule has 0 spiro atoms.